The van der Waals surface area contributed by atoms with Gasteiger partial charge in [-0.25, -0.2) is 0 Å². The summed E-state index contributed by atoms with van der Waals surface area (Å²) in [6.45, 7) is 1.87. The molecule has 4 nitrogen and oxygen atoms in total. The summed E-state index contributed by atoms with van der Waals surface area (Å²) in [4.78, 5) is 12.0. The summed E-state index contributed by atoms with van der Waals surface area (Å²) < 4.78 is 0. The van der Waals surface area contributed by atoms with Crippen LogP contribution in [0.5, 0.6) is 11.5 Å². The van der Waals surface area contributed by atoms with Crippen molar-refractivity contribution in [3.05, 3.63) is 59.7 Å². The quantitative estimate of drug-likeness (QED) is 0.791. The first-order valence-electron chi connectivity index (χ1n) is 5.95. The van der Waals surface area contributed by atoms with Gasteiger partial charge in [-0.05, 0) is 24.6 Å². The average Bonchev–Trinajstić information content (AvgIpc) is 2.39. The van der Waals surface area contributed by atoms with Gasteiger partial charge in [-0.3, -0.25) is 4.79 Å². The number of carbonyl (C=O) groups excluding carboxylic acids is 1. The van der Waals surface area contributed by atoms with E-state index in [1.165, 1.54) is 12.1 Å². The molecule has 4 heteroatoms. The summed E-state index contributed by atoms with van der Waals surface area (Å²) in [7, 11) is 0. The van der Waals surface area contributed by atoms with E-state index in [1.54, 1.807) is 0 Å². The van der Waals surface area contributed by atoms with Crippen LogP contribution in [-0.4, -0.2) is 16.1 Å². The fourth-order valence-corrected chi connectivity index (χ4v) is 1.81. The van der Waals surface area contributed by atoms with E-state index in [4.69, 9.17) is 0 Å². The van der Waals surface area contributed by atoms with Gasteiger partial charge in [-0.15, -0.1) is 0 Å². The van der Waals surface area contributed by atoms with Crippen molar-refractivity contribution < 1.29 is 15.0 Å². The first-order valence-corrected chi connectivity index (χ1v) is 5.95. The minimum atomic E-state index is -0.381. The van der Waals surface area contributed by atoms with E-state index >= 15 is 0 Å². The van der Waals surface area contributed by atoms with E-state index in [9.17, 15) is 15.0 Å². The smallest absolute Gasteiger partial charge is 0.255 e. The molecule has 2 aromatic rings. The van der Waals surface area contributed by atoms with E-state index in [0.29, 0.717) is 0 Å². The highest BCUT2D eigenvalue weighted by Gasteiger charge is 2.14. The highest BCUT2D eigenvalue weighted by atomic mass is 16.3. The van der Waals surface area contributed by atoms with Gasteiger partial charge >= 0.3 is 0 Å². The van der Waals surface area contributed by atoms with Crippen molar-refractivity contribution in [2.24, 2.45) is 0 Å². The van der Waals surface area contributed by atoms with Gasteiger partial charge in [-0.1, -0.05) is 30.3 Å². The molecule has 0 fully saturated rings. The zero-order valence-corrected chi connectivity index (χ0v) is 10.5. The molecule has 0 radical (unpaired) electrons. The van der Waals surface area contributed by atoms with Gasteiger partial charge in [0.05, 0.1) is 11.6 Å². The Balaban J connectivity index is 2.13. The number of carbonyl (C=O) groups is 1. The van der Waals surface area contributed by atoms with Gasteiger partial charge in [-0.2, -0.15) is 0 Å². The van der Waals surface area contributed by atoms with Crippen LogP contribution in [0.1, 0.15) is 28.9 Å². The Labute approximate surface area is 111 Å². The topological polar surface area (TPSA) is 69.6 Å². The zero-order valence-electron chi connectivity index (χ0n) is 10.5. The Morgan fingerprint density at radius 3 is 2.42 bits per heavy atom. The van der Waals surface area contributed by atoms with Crippen molar-refractivity contribution in [2.45, 2.75) is 13.0 Å². The molecule has 0 saturated heterocycles. The molecular weight excluding hydrogens is 242 g/mol. The average molecular weight is 257 g/mol. The molecule has 2 rings (SSSR count). The molecule has 0 heterocycles. The molecule has 1 atom stereocenters. The lowest BCUT2D eigenvalue weighted by molar-refractivity contribution is 0.0937. The van der Waals surface area contributed by atoms with Crippen molar-refractivity contribution in [1.29, 1.82) is 0 Å². The Morgan fingerprint density at radius 2 is 1.79 bits per heavy atom. The number of rotatable bonds is 3. The molecule has 2 aromatic carbocycles. The summed E-state index contributed by atoms with van der Waals surface area (Å²) in [5.41, 5.74) is 1.12. The fraction of sp³-hybridized carbons (Fsp3) is 0.133. The molecule has 0 aliphatic carbocycles. The van der Waals surface area contributed by atoms with Gasteiger partial charge in [0.2, 0.25) is 0 Å². The molecule has 0 aromatic heterocycles. The predicted molar refractivity (Wildman–Crippen MR) is 72.1 cm³/mol. The van der Waals surface area contributed by atoms with Crippen LogP contribution in [0.4, 0.5) is 0 Å². The van der Waals surface area contributed by atoms with Crippen molar-refractivity contribution in [3.63, 3.8) is 0 Å². The number of hydrogen-bond acceptors (Lipinski definition) is 3. The molecule has 0 bridgehead atoms. The third kappa shape index (κ3) is 3.04. The van der Waals surface area contributed by atoms with Gasteiger partial charge in [0.1, 0.15) is 11.5 Å². The molecule has 0 spiro atoms. The number of benzene rings is 2. The first-order chi connectivity index (χ1) is 9.08. The maximum atomic E-state index is 12.0. The maximum Gasteiger partial charge on any atom is 0.255 e. The van der Waals surface area contributed by atoms with Gasteiger partial charge < -0.3 is 15.5 Å². The van der Waals surface area contributed by atoms with Gasteiger partial charge in [0.15, 0.2) is 0 Å². The van der Waals surface area contributed by atoms with E-state index in [0.717, 1.165) is 11.6 Å². The van der Waals surface area contributed by atoms with Crippen molar-refractivity contribution in [3.8, 4) is 11.5 Å². The van der Waals surface area contributed by atoms with Crippen LogP contribution in [0.25, 0.3) is 0 Å². The lowest BCUT2D eigenvalue weighted by Crippen LogP contribution is -2.26. The van der Waals surface area contributed by atoms with Crippen LogP contribution in [-0.2, 0) is 0 Å². The molecule has 3 N–H and O–H groups in total. The Morgan fingerprint density at radius 1 is 1.11 bits per heavy atom. The molecule has 98 valence electrons. The molecular formula is C15H15NO3. The van der Waals surface area contributed by atoms with Crippen LogP contribution < -0.4 is 5.32 Å². The number of phenolic OH excluding ortho intramolecular Hbond substituents is 2. The monoisotopic (exact) mass is 257 g/mol. The second kappa shape index (κ2) is 5.44. The number of aromatic hydroxyl groups is 2. The summed E-state index contributed by atoms with van der Waals surface area (Å²) in [6, 6.07) is 13.3. The number of nitrogens with one attached hydrogen (secondary N) is 1. The number of amides is 1. The van der Waals surface area contributed by atoms with Gasteiger partial charge in [0, 0.05) is 6.07 Å². The molecule has 0 saturated carbocycles. The Bertz CT molecular complexity index is 581. The third-order valence-electron chi connectivity index (χ3n) is 2.87. The molecule has 1 amide bonds. The fourth-order valence-electron chi connectivity index (χ4n) is 1.81. The van der Waals surface area contributed by atoms with Crippen molar-refractivity contribution >= 4 is 5.91 Å². The standard InChI is InChI=1S/C15H15NO3/c1-10(11-5-3-2-4-6-11)16-15(19)13-8-7-12(17)9-14(13)18/h2-10,17-18H,1H3,(H,16,19). The maximum absolute atomic E-state index is 12.0. The number of hydrogen-bond donors (Lipinski definition) is 3. The zero-order chi connectivity index (χ0) is 13.8. The van der Waals surface area contributed by atoms with E-state index in [2.05, 4.69) is 5.32 Å². The summed E-state index contributed by atoms with van der Waals surface area (Å²) in [6.07, 6.45) is 0. The highest BCUT2D eigenvalue weighted by Crippen LogP contribution is 2.23. The lowest BCUT2D eigenvalue weighted by atomic mass is 10.1. The SMILES string of the molecule is CC(NC(=O)c1ccc(O)cc1O)c1ccccc1. The van der Waals surface area contributed by atoms with Crippen LogP contribution in [0.2, 0.25) is 0 Å². The summed E-state index contributed by atoms with van der Waals surface area (Å²) in [5.74, 6) is -0.697. The highest BCUT2D eigenvalue weighted by molar-refractivity contribution is 5.97. The third-order valence-corrected chi connectivity index (χ3v) is 2.87. The number of phenols is 2. The van der Waals surface area contributed by atoms with Crippen molar-refractivity contribution in [2.75, 3.05) is 0 Å². The summed E-state index contributed by atoms with van der Waals surface area (Å²) in [5, 5.41) is 21.6. The molecule has 0 aliphatic heterocycles. The van der Waals surface area contributed by atoms with Crippen LogP contribution in [0.3, 0.4) is 0 Å². The van der Waals surface area contributed by atoms with Gasteiger partial charge in [0.25, 0.3) is 5.91 Å². The van der Waals surface area contributed by atoms with Crippen LogP contribution >= 0.6 is 0 Å². The minimum absolute atomic E-state index is 0.0786. The largest absolute Gasteiger partial charge is 0.508 e. The molecule has 19 heavy (non-hydrogen) atoms. The Kier molecular flexibility index (Phi) is 3.71. The van der Waals surface area contributed by atoms with Crippen molar-refractivity contribution in [1.82, 2.24) is 5.32 Å². The Hall–Kier alpha value is -2.49. The minimum Gasteiger partial charge on any atom is -0.508 e. The van der Waals surface area contributed by atoms with Crippen LogP contribution in [0, 0.1) is 0 Å². The normalized spacial score (nSPS) is 11.8. The van der Waals surface area contributed by atoms with Crippen LogP contribution in [0.15, 0.2) is 48.5 Å². The first kappa shape index (κ1) is 13.0. The molecule has 0 aliphatic rings. The second-order valence-corrected chi connectivity index (χ2v) is 4.31. The second-order valence-electron chi connectivity index (χ2n) is 4.31. The van der Waals surface area contributed by atoms with E-state index < -0.39 is 0 Å². The predicted octanol–water partition coefficient (Wildman–Crippen LogP) is 2.59. The summed E-state index contributed by atoms with van der Waals surface area (Å²) >= 11 is 0. The molecule has 1 unspecified atom stereocenters. The van der Waals surface area contributed by atoms with E-state index in [-0.39, 0.29) is 29.0 Å². The lowest BCUT2D eigenvalue weighted by Gasteiger charge is -2.14. The van der Waals surface area contributed by atoms with E-state index in [1.807, 2.05) is 37.3 Å².